The summed E-state index contributed by atoms with van der Waals surface area (Å²) in [6.45, 7) is 5.47. The Labute approximate surface area is 194 Å². The maximum Gasteiger partial charge on any atom is 0.253 e. The summed E-state index contributed by atoms with van der Waals surface area (Å²) in [5.41, 5.74) is 1.10. The van der Waals surface area contributed by atoms with Crippen molar-refractivity contribution < 1.29 is 19.7 Å². The van der Waals surface area contributed by atoms with Crippen LogP contribution >= 0.6 is 0 Å². The number of hydrogen-bond acceptors (Lipinski definition) is 5. The highest BCUT2D eigenvalue weighted by molar-refractivity contribution is 5.94. The van der Waals surface area contributed by atoms with E-state index in [1.54, 1.807) is 11.0 Å². The fraction of sp³-hybridized carbons (Fsp3) is 0.444. The highest BCUT2D eigenvalue weighted by Gasteiger charge is 2.73. The minimum atomic E-state index is -0.988. The number of carbonyl (C=O) groups is 1. The molecule has 6 rings (SSSR count). The van der Waals surface area contributed by atoms with Gasteiger partial charge in [-0.2, -0.15) is 0 Å². The van der Waals surface area contributed by atoms with Gasteiger partial charge < -0.3 is 19.8 Å². The number of rotatable bonds is 4. The first kappa shape index (κ1) is 20.8. The molecule has 1 saturated heterocycles. The van der Waals surface area contributed by atoms with E-state index in [-0.39, 0.29) is 23.7 Å². The lowest BCUT2D eigenvalue weighted by Crippen LogP contribution is -2.78. The number of likely N-dealkylation sites (tertiary alicyclic amines) is 1. The first-order chi connectivity index (χ1) is 15.9. The van der Waals surface area contributed by atoms with Crippen molar-refractivity contribution in [1.82, 2.24) is 9.80 Å². The number of phenolic OH excluding ortho intramolecular Hbond substituents is 1. The second-order valence-corrected chi connectivity index (χ2v) is 10.0. The van der Waals surface area contributed by atoms with Crippen LogP contribution < -0.4 is 4.74 Å². The lowest BCUT2D eigenvalue weighted by atomic mass is 9.48. The van der Waals surface area contributed by atoms with Crippen LogP contribution in [-0.2, 0) is 11.8 Å². The summed E-state index contributed by atoms with van der Waals surface area (Å²) >= 11 is 0. The predicted molar refractivity (Wildman–Crippen MR) is 125 cm³/mol. The van der Waals surface area contributed by atoms with Gasteiger partial charge >= 0.3 is 0 Å². The number of nitrogens with zero attached hydrogens (tertiary/aromatic N) is 2. The third-order valence-corrected chi connectivity index (χ3v) is 8.74. The molecule has 1 saturated carbocycles. The van der Waals surface area contributed by atoms with Gasteiger partial charge in [-0.3, -0.25) is 9.69 Å². The second-order valence-electron chi connectivity index (χ2n) is 10.0. The lowest BCUT2D eigenvalue weighted by molar-refractivity contribution is -0.195. The second kappa shape index (κ2) is 7.08. The average Bonchev–Trinajstić information content (AvgIpc) is 3.18. The van der Waals surface area contributed by atoms with E-state index in [4.69, 9.17) is 4.74 Å². The highest BCUT2D eigenvalue weighted by Crippen LogP contribution is 2.65. The van der Waals surface area contributed by atoms with Gasteiger partial charge in [0.15, 0.2) is 11.5 Å². The zero-order chi connectivity index (χ0) is 23.0. The molecule has 2 aliphatic heterocycles. The number of phenols is 1. The Morgan fingerprint density at radius 3 is 2.82 bits per heavy atom. The number of aliphatic hydroxyl groups is 1. The van der Waals surface area contributed by atoms with Crippen LogP contribution in [0.15, 0.2) is 55.1 Å². The van der Waals surface area contributed by atoms with Gasteiger partial charge in [0.1, 0.15) is 6.10 Å². The molecular weight excluding hydrogens is 416 g/mol. The summed E-state index contributed by atoms with van der Waals surface area (Å²) in [5.74, 6) is 0.560. The van der Waals surface area contributed by atoms with Gasteiger partial charge in [-0.1, -0.05) is 30.3 Å². The smallest absolute Gasteiger partial charge is 0.253 e. The minimum Gasteiger partial charge on any atom is -0.504 e. The fourth-order valence-electron chi connectivity index (χ4n) is 7.32. The van der Waals surface area contributed by atoms with Crippen LogP contribution in [0.2, 0.25) is 0 Å². The first-order valence-corrected chi connectivity index (χ1v) is 11.8. The normalized spacial score (nSPS) is 33.7. The molecule has 6 heteroatoms. The molecule has 2 heterocycles. The van der Waals surface area contributed by atoms with E-state index in [1.807, 2.05) is 49.5 Å². The number of benzene rings is 2. The van der Waals surface area contributed by atoms with Gasteiger partial charge in [-0.05, 0) is 56.0 Å². The van der Waals surface area contributed by atoms with Crippen LogP contribution in [0.1, 0.15) is 40.7 Å². The number of hydrogen-bond donors (Lipinski definition) is 2. The van der Waals surface area contributed by atoms with E-state index < -0.39 is 17.1 Å². The topological polar surface area (TPSA) is 73.2 Å². The van der Waals surface area contributed by atoms with Gasteiger partial charge in [0.25, 0.3) is 5.91 Å². The quantitative estimate of drug-likeness (QED) is 0.707. The molecule has 0 aromatic heterocycles. The number of piperidine rings is 1. The SMILES string of the molecule is C=CCN1CC[C@]23c4c5ccc(O)c4OC2C(N(C)C(=O)c2ccccc2)CC[C@@]3(O)[C@H]1C5. The molecule has 2 aromatic rings. The summed E-state index contributed by atoms with van der Waals surface area (Å²) in [4.78, 5) is 17.5. The van der Waals surface area contributed by atoms with Crippen LogP contribution in [-0.4, -0.2) is 69.8 Å². The highest BCUT2D eigenvalue weighted by atomic mass is 16.5. The van der Waals surface area contributed by atoms with E-state index in [9.17, 15) is 15.0 Å². The predicted octanol–water partition coefficient (Wildman–Crippen LogP) is 2.87. The van der Waals surface area contributed by atoms with Gasteiger partial charge in [0, 0.05) is 30.8 Å². The monoisotopic (exact) mass is 446 g/mol. The standard InChI is InChI=1S/C27H30N2O4/c1-3-14-29-15-13-26-22-18-9-10-20(30)23(22)33-24(26)19(11-12-27(26,32)21(29)16-18)28(2)25(31)17-7-5-4-6-8-17/h3-10,19,21,24,30,32H,1,11-16H2,2H3/t19?,21-,24?,26+,27-/m1/s1. The third-order valence-electron chi connectivity index (χ3n) is 8.74. The number of aromatic hydroxyl groups is 1. The van der Waals surface area contributed by atoms with Gasteiger partial charge in [0.05, 0.1) is 17.1 Å². The van der Waals surface area contributed by atoms with E-state index in [0.29, 0.717) is 37.0 Å². The van der Waals surface area contributed by atoms with E-state index in [0.717, 1.165) is 24.2 Å². The van der Waals surface area contributed by atoms with Crippen molar-refractivity contribution in [2.45, 2.75) is 54.9 Å². The Bertz CT molecular complexity index is 1130. The molecule has 2 fully saturated rings. The Hall–Kier alpha value is -2.83. The molecule has 2 unspecified atom stereocenters. The van der Waals surface area contributed by atoms with Crippen molar-refractivity contribution in [3.05, 3.63) is 71.8 Å². The lowest BCUT2D eigenvalue weighted by Gasteiger charge is -2.64. The maximum absolute atomic E-state index is 13.4. The Balaban J connectivity index is 1.47. The molecule has 0 radical (unpaired) electrons. The van der Waals surface area contributed by atoms with E-state index in [2.05, 4.69) is 11.5 Å². The zero-order valence-electron chi connectivity index (χ0n) is 18.9. The molecule has 4 aliphatic rings. The zero-order valence-corrected chi connectivity index (χ0v) is 18.9. The molecule has 172 valence electrons. The Kier molecular flexibility index (Phi) is 4.45. The molecule has 1 spiro atoms. The van der Waals surface area contributed by atoms with Crippen LogP contribution in [0.5, 0.6) is 11.5 Å². The van der Waals surface area contributed by atoms with Crippen LogP contribution in [0.3, 0.4) is 0 Å². The van der Waals surface area contributed by atoms with Gasteiger partial charge in [0.2, 0.25) is 0 Å². The fourth-order valence-corrected chi connectivity index (χ4v) is 7.32. The molecule has 2 aliphatic carbocycles. The maximum atomic E-state index is 13.4. The van der Waals surface area contributed by atoms with Crippen molar-refractivity contribution in [2.24, 2.45) is 0 Å². The first-order valence-electron chi connectivity index (χ1n) is 11.8. The minimum absolute atomic E-state index is 0.0468. The van der Waals surface area contributed by atoms with Crippen LogP contribution in [0.25, 0.3) is 0 Å². The summed E-state index contributed by atoms with van der Waals surface area (Å²) in [6.07, 6.45) is 4.14. The molecule has 1 amide bonds. The van der Waals surface area contributed by atoms with E-state index >= 15 is 0 Å². The molecule has 6 nitrogen and oxygen atoms in total. The van der Waals surface area contributed by atoms with Gasteiger partial charge in [-0.25, -0.2) is 0 Å². The van der Waals surface area contributed by atoms with Crippen molar-refractivity contribution in [2.75, 3.05) is 20.1 Å². The molecule has 33 heavy (non-hydrogen) atoms. The molecule has 2 bridgehead atoms. The van der Waals surface area contributed by atoms with Crippen molar-refractivity contribution in [3.8, 4) is 11.5 Å². The van der Waals surface area contributed by atoms with Crippen LogP contribution in [0, 0.1) is 0 Å². The molecule has 5 atom stereocenters. The van der Waals surface area contributed by atoms with Crippen molar-refractivity contribution in [3.63, 3.8) is 0 Å². The van der Waals surface area contributed by atoms with Crippen LogP contribution in [0.4, 0.5) is 0 Å². The number of amides is 1. The van der Waals surface area contributed by atoms with Gasteiger partial charge in [-0.15, -0.1) is 6.58 Å². The number of likely N-dealkylation sites (N-methyl/N-ethyl adjacent to an activating group) is 1. The Morgan fingerprint density at radius 2 is 2.06 bits per heavy atom. The number of carbonyl (C=O) groups excluding carboxylic acids is 1. The molecule has 2 aromatic carbocycles. The average molecular weight is 447 g/mol. The number of ether oxygens (including phenoxy) is 1. The molecule has 2 N–H and O–H groups in total. The largest absolute Gasteiger partial charge is 0.504 e. The summed E-state index contributed by atoms with van der Waals surface area (Å²) in [5, 5.41) is 23.1. The third kappa shape index (κ3) is 2.53. The van der Waals surface area contributed by atoms with E-state index in [1.165, 1.54) is 0 Å². The Morgan fingerprint density at radius 1 is 1.27 bits per heavy atom. The van der Waals surface area contributed by atoms with Crippen molar-refractivity contribution in [1.29, 1.82) is 0 Å². The summed E-state index contributed by atoms with van der Waals surface area (Å²) < 4.78 is 6.55. The van der Waals surface area contributed by atoms with Crippen molar-refractivity contribution >= 4 is 5.91 Å². The molecular formula is C27H30N2O4. The summed E-state index contributed by atoms with van der Waals surface area (Å²) in [7, 11) is 1.83. The summed E-state index contributed by atoms with van der Waals surface area (Å²) in [6, 6.07) is 12.7.